The van der Waals surface area contributed by atoms with E-state index < -0.39 is 53.8 Å². The summed E-state index contributed by atoms with van der Waals surface area (Å²) < 4.78 is 0. The molecule has 0 spiro atoms. The number of nitrogens with two attached hydrogens (primary N) is 2. The molecule has 0 aliphatic carbocycles. The molecule has 1 aromatic heterocycles. The summed E-state index contributed by atoms with van der Waals surface area (Å²) in [7, 11) is 0. The Morgan fingerprint density at radius 2 is 1.52 bits per heavy atom. The third-order valence-electron chi connectivity index (χ3n) is 7.38. The second-order valence-corrected chi connectivity index (χ2v) is 10.3. The van der Waals surface area contributed by atoms with Crippen LogP contribution in [0.3, 0.4) is 0 Å². The fourth-order valence-corrected chi connectivity index (χ4v) is 4.27. The van der Waals surface area contributed by atoms with Gasteiger partial charge in [0.2, 0.25) is 23.6 Å². The quantitative estimate of drug-likeness (QED) is 0.158. The maximum atomic E-state index is 13.3. The van der Waals surface area contributed by atoms with Gasteiger partial charge in [-0.1, -0.05) is 58.7 Å². The number of fused-ring (bicyclic) bond motifs is 1. The smallest absolute Gasteiger partial charge is 0.326 e. The number of hydrogen-bond acceptors (Lipinski definition) is 6. The number of rotatable bonds is 16. The first-order chi connectivity index (χ1) is 18.9. The highest BCUT2D eigenvalue weighted by Gasteiger charge is 2.33. The van der Waals surface area contributed by atoms with Crippen LogP contribution in [0, 0.1) is 11.8 Å². The van der Waals surface area contributed by atoms with Crippen molar-refractivity contribution in [3.8, 4) is 0 Å². The van der Waals surface area contributed by atoms with Crippen LogP contribution < -0.4 is 27.4 Å². The highest BCUT2D eigenvalue weighted by atomic mass is 16.4. The lowest BCUT2D eigenvalue weighted by Gasteiger charge is -2.28. The topological polar surface area (TPSA) is 209 Å². The molecule has 0 fully saturated rings. The molecule has 2 rings (SSSR count). The number of primary amides is 1. The summed E-state index contributed by atoms with van der Waals surface area (Å²) in [5.74, 6) is -4.28. The van der Waals surface area contributed by atoms with E-state index in [2.05, 4.69) is 20.9 Å². The number of carbonyl (C=O) groups excluding carboxylic acids is 4. The Labute approximate surface area is 234 Å². The van der Waals surface area contributed by atoms with Gasteiger partial charge in [0.05, 0.1) is 6.04 Å². The van der Waals surface area contributed by atoms with Crippen molar-refractivity contribution >= 4 is 40.5 Å². The predicted molar refractivity (Wildman–Crippen MR) is 151 cm³/mol. The van der Waals surface area contributed by atoms with Crippen LogP contribution in [-0.2, 0) is 30.4 Å². The highest BCUT2D eigenvalue weighted by molar-refractivity contribution is 5.95. The molecule has 0 saturated carbocycles. The van der Waals surface area contributed by atoms with E-state index in [-0.39, 0.29) is 31.1 Å². The summed E-state index contributed by atoms with van der Waals surface area (Å²) in [5, 5.41) is 18.4. The minimum absolute atomic E-state index is 0.0133. The number of benzene rings is 1. The maximum Gasteiger partial charge on any atom is 0.326 e. The van der Waals surface area contributed by atoms with Gasteiger partial charge in [0.1, 0.15) is 18.1 Å². The van der Waals surface area contributed by atoms with Crippen molar-refractivity contribution in [2.75, 3.05) is 0 Å². The normalized spacial score (nSPS) is 15.7. The lowest BCUT2D eigenvalue weighted by molar-refractivity contribution is -0.142. The van der Waals surface area contributed by atoms with Crippen LogP contribution in [0.25, 0.3) is 10.9 Å². The lowest BCUT2D eigenvalue weighted by Crippen LogP contribution is -2.59. The summed E-state index contributed by atoms with van der Waals surface area (Å²) in [6.07, 6.45) is 2.51. The van der Waals surface area contributed by atoms with Crippen LogP contribution in [0.1, 0.15) is 58.9 Å². The third-order valence-corrected chi connectivity index (χ3v) is 7.38. The number of carbonyl (C=O) groups is 5. The van der Waals surface area contributed by atoms with Crippen LogP contribution in [0.4, 0.5) is 0 Å². The van der Waals surface area contributed by atoms with E-state index >= 15 is 0 Å². The van der Waals surface area contributed by atoms with Gasteiger partial charge in [0, 0.05) is 29.9 Å². The predicted octanol–water partition coefficient (Wildman–Crippen LogP) is 0.934. The number of H-pyrrole nitrogens is 1. The number of carboxylic acid groups (broad SMARTS) is 1. The zero-order chi connectivity index (χ0) is 30.0. The minimum atomic E-state index is -1.31. The Morgan fingerprint density at radius 1 is 0.900 bits per heavy atom. The highest BCUT2D eigenvalue weighted by Crippen LogP contribution is 2.19. The summed E-state index contributed by atoms with van der Waals surface area (Å²) in [5.41, 5.74) is 12.8. The SMILES string of the molecule is CCC(C)C(N)C(=O)NC(C(=O)NC(CCC(N)=O)C(=O)NC(Cc1c[nH]c2ccccc12)C(=O)O)C(C)CC. The number of amides is 4. The summed E-state index contributed by atoms with van der Waals surface area (Å²) in [6.45, 7) is 7.37. The molecule has 40 heavy (non-hydrogen) atoms. The number of hydrogen-bond donors (Lipinski definition) is 7. The van der Waals surface area contributed by atoms with E-state index in [9.17, 15) is 29.1 Å². The van der Waals surface area contributed by atoms with E-state index in [1.54, 1.807) is 13.1 Å². The summed E-state index contributed by atoms with van der Waals surface area (Å²) >= 11 is 0. The molecule has 12 nitrogen and oxygen atoms in total. The van der Waals surface area contributed by atoms with Crippen LogP contribution in [0.15, 0.2) is 30.5 Å². The molecule has 6 unspecified atom stereocenters. The maximum absolute atomic E-state index is 13.3. The molecule has 1 aromatic carbocycles. The Kier molecular flexibility index (Phi) is 12.1. The molecular weight excluding hydrogens is 516 g/mol. The molecular formula is C28H42N6O6. The zero-order valence-corrected chi connectivity index (χ0v) is 23.5. The Bertz CT molecular complexity index is 1200. The third kappa shape index (κ3) is 8.80. The van der Waals surface area contributed by atoms with Gasteiger partial charge in [-0.15, -0.1) is 0 Å². The standard InChI is InChI=1S/C28H42N6O6/c1-5-15(3)23(30)26(37)34-24(16(4)6-2)27(38)32-20(11-12-22(29)35)25(36)33-21(28(39)40)13-17-14-31-19-10-8-7-9-18(17)19/h7-10,14-16,20-21,23-24,31H,5-6,11-13,30H2,1-4H3,(H2,29,35)(H,32,38)(H,33,36)(H,34,37)(H,39,40). The van der Waals surface area contributed by atoms with E-state index in [0.717, 1.165) is 10.9 Å². The molecule has 12 heteroatoms. The van der Waals surface area contributed by atoms with Crippen molar-refractivity contribution in [2.24, 2.45) is 23.3 Å². The van der Waals surface area contributed by atoms with Gasteiger partial charge in [0.15, 0.2) is 0 Å². The number of aliphatic carboxylic acids is 1. The first-order valence-electron chi connectivity index (χ1n) is 13.6. The van der Waals surface area contributed by atoms with Crippen LogP contribution in [0.2, 0.25) is 0 Å². The van der Waals surface area contributed by atoms with Gasteiger partial charge in [-0.05, 0) is 29.9 Å². The molecule has 2 aromatic rings. The Hall–Kier alpha value is -3.93. The van der Waals surface area contributed by atoms with Gasteiger partial charge in [-0.25, -0.2) is 4.79 Å². The average molecular weight is 559 g/mol. The second kappa shape index (κ2) is 15.0. The molecule has 1 heterocycles. The summed E-state index contributed by atoms with van der Waals surface area (Å²) in [4.78, 5) is 66.0. The molecule has 0 aliphatic heterocycles. The van der Waals surface area contributed by atoms with Crippen molar-refractivity contribution in [1.29, 1.82) is 0 Å². The zero-order valence-electron chi connectivity index (χ0n) is 23.5. The van der Waals surface area contributed by atoms with Crippen molar-refractivity contribution in [3.63, 3.8) is 0 Å². The lowest BCUT2D eigenvalue weighted by atomic mass is 9.95. The fourth-order valence-electron chi connectivity index (χ4n) is 4.27. The van der Waals surface area contributed by atoms with Gasteiger partial charge < -0.3 is 37.5 Å². The number of aromatic nitrogens is 1. The molecule has 0 radical (unpaired) electrons. The molecule has 0 bridgehead atoms. The molecule has 4 amide bonds. The Balaban J connectivity index is 2.23. The Morgan fingerprint density at radius 3 is 2.12 bits per heavy atom. The van der Waals surface area contributed by atoms with Crippen molar-refractivity contribution in [1.82, 2.24) is 20.9 Å². The van der Waals surface area contributed by atoms with Gasteiger partial charge in [-0.3, -0.25) is 19.2 Å². The average Bonchev–Trinajstić information content (AvgIpc) is 3.34. The van der Waals surface area contributed by atoms with Gasteiger partial charge >= 0.3 is 5.97 Å². The summed E-state index contributed by atoms with van der Waals surface area (Å²) in [6, 6.07) is 2.97. The van der Waals surface area contributed by atoms with E-state index in [4.69, 9.17) is 11.5 Å². The molecule has 9 N–H and O–H groups in total. The van der Waals surface area contributed by atoms with Crippen LogP contribution in [-0.4, -0.2) is 63.9 Å². The monoisotopic (exact) mass is 558 g/mol. The molecule has 220 valence electrons. The fraction of sp³-hybridized carbons (Fsp3) is 0.536. The van der Waals surface area contributed by atoms with E-state index in [1.165, 1.54) is 0 Å². The number of nitrogens with one attached hydrogen (secondary N) is 4. The van der Waals surface area contributed by atoms with Crippen molar-refractivity contribution in [2.45, 2.75) is 84.0 Å². The van der Waals surface area contributed by atoms with Crippen LogP contribution >= 0.6 is 0 Å². The van der Waals surface area contributed by atoms with Gasteiger partial charge in [-0.2, -0.15) is 0 Å². The van der Waals surface area contributed by atoms with Crippen molar-refractivity contribution < 1.29 is 29.1 Å². The molecule has 0 saturated heterocycles. The van der Waals surface area contributed by atoms with Crippen LogP contribution in [0.5, 0.6) is 0 Å². The number of carboxylic acids is 1. The molecule has 0 aliphatic rings. The number of para-hydroxylation sites is 1. The van der Waals surface area contributed by atoms with Gasteiger partial charge in [0.25, 0.3) is 0 Å². The molecule has 6 atom stereocenters. The van der Waals surface area contributed by atoms with Crippen molar-refractivity contribution in [3.05, 3.63) is 36.0 Å². The minimum Gasteiger partial charge on any atom is -0.480 e. The largest absolute Gasteiger partial charge is 0.480 e. The van der Waals surface area contributed by atoms with E-state index in [1.807, 2.05) is 45.0 Å². The van der Waals surface area contributed by atoms with E-state index in [0.29, 0.717) is 18.4 Å². The first kappa shape index (κ1) is 32.3. The first-order valence-corrected chi connectivity index (χ1v) is 13.6. The number of aromatic amines is 1. The second-order valence-electron chi connectivity index (χ2n) is 10.3.